The lowest BCUT2D eigenvalue weighted by molar-refractivity contribution is -0.118. The second-order valence-electron chi connectivity index (χ2n) is 11.0. The summed E-state index contributed by atoms with van der Waals surface area (Å²) in [6, 6.07) is 15.2. The van der Waals surface area contributed by atoms with Crippen LogP contribution in [0.3, 0.4) is 0 Å². The summed E-state index contributed by atoms with van der Waals surface area (Å²) in [5.41, 5.74) is 10.2. The van der Waals surface area contributed by atoms with E-state index in [-0.39, 0.29) is 11.3 Å². The lowest BCUT2D eigenvalue weighted by Gasteiger charge is -2.34. The van der Waals surface area contributed by atoms with Crippen LogP contribution in [0, 0.1) is 17.8 Å². The number of hydrogen-bond acceptors (Lipinski definition) is 6. The normalized spacial score (nSPS) is 31.6. The molecule has 2 aromatic carbocycles. The first-order valence-electron chi connectivity index (χ1n) is 13.4. The number of ether oxygens (including phenoxy) is 2. The van der Waals surface area contributed by atoms with Crippen molar-refractivity contribution in [2.24, 2.45) is 17.8 Å². The number of methoxy groups -OCH3 is 1. The maximum absolute atomic E-state index is 13.1. The molecule has 3 fully saturated rings. The van der Waals surface area contributed by atoms with Crippen LogP contribution in [0.1, 0.15) is 42.9 Å². The van der Waals surface area contributed by atoms with Crippen molar-refractivity contribution in [1.29, 1.82) is 0 Å². The van der Waals surface area contributed by atoms with Gasteiger partial charge in [-0.3, -0.25) is 10.2 Å². The van der Waals surface area contributed by atoms with E-state index in [4.69, 9.17) is 9.47 Å². The number of imidazole rings is 1. The molecule has 2 aliphatic heterocycles. The van der Waals surface area contributed by atoms with Crippen molar-refractivity contribution in [1.82, 2.24) is 20.4 Å². The fourth-order valence-corrected chi connectivity index (χ4v) is 7.16. The molecule has 7 rings (SSSR count). The first-order valence-corrected chi connectivity index (χ1v) is 13.4. The zero-order valence-corrected chi connectivity index (χ0v) is 21.0. The van der Waals surface area contributed by atoms with E-state index in [0.717, 1.165) is 55.0 Å². The third kappa shape index (κ3) is 3.81. The molecule has 1 saturated heterocycles. The minimum atomic E-state index is -0.361. The number of amides is 1. The van der Waals surface area contributed by atoms with Crippen molar-refractivity contribution in [3.8, 4) is 11.5 Å². The van der Waals surface area contributed by atoms with E-state index in [2.05, 4.69) is 51.5 Å². The fourth-order valence-electron chi connectivity index (χ4n) is 7.16. The van der Waals surface area contributed by atoms with Crippen molar-refractivity contribution >= 4 is 11.6 Å². The van der Waals surface area contributed by atoms with Gasteiger partial charge in [0.25, 0.3) is 0 Å². The van der Waals surface area contributed by atoms with Gasteiger partial charge in [-0.25, -0.2) is 10.4 Å². The van der Waals surface area contributed by atoms with Gasteiger partial charge in [-0.1, -0.05) is 12.1 Å². The first kappa shape index (κ1) is 22.8. The van der Waals surface area contributed by atoms with Crippen LogP contribution in [0.2, 0.25) is 0 Å². The zero-order chi connectivity index (χ0) is 25.0. The van der Waals surface area contributed by atoms with Crippen LogP contribution in [-0.4, -0.2) is 35.2 Å². The molecule has 4 unspecified atom stereocenters. The molecule has 4 aliphatic rings. The van der Waals surface area contributed by atoms with Crippen LogP contribution < -0.4 is 25.6 Å². The van der Waals surface area contributed by atoms with Crippen LogP contribution in [-0.2, 0) is 16.8 Å². The molecule has 6 atom stereocenters. The predicted molar refractivity (Wildman–Crippen MR) is 139 cm³/mol. The highest BCUT2D eigenvalue weighted by Crippen LogP contribution is 2.65. The van der Waals surface area contributed by atoms with Crippen LogP contribution in [0.15, 0.2) is 61.2 Å². The number of hydrogen-bond donors (Lipinski definition) is 3. The molecule has 1 aromatic heterocycles. The predicted octanol–water partition coefficient (Wildman–Crippen LogP) is 3.81. The molecule has 3 aromatic rings. The maximum Gasteiger partial charge on any atom is 0.235 e. The summed E-state index contributed by atoms with van der Waals surface area (Å²) >= 11 is 0. The lowest BCUT2D eigenvalue weighted by atomic mass is 9.72. The Morgan fingerprint density at radius 3 is 2.78 bits per heavy atom. The SMILES string of the molecule is COc1ccc2c(c1)[C@]1(C[C@H]1C1CCC3C(C1)NNC3c1ccc(OCCn3ccnc3)cc1)C(=O)N2. The average Bonchev–Trinajstić information content (AvgIpc) is 3.19. The number of anilines is 1. The van der Waals surface area contributed by atoms with E-state index in [9.17, 15) is 4.79 Å². The van der Waals surface area contributed by atoms with Gasteiger partial charge in [0.2, 0.25) is 5.91 Å². The molecule has 3 heterocycles. The number of nitrogens with one attached hydrogen (secondary N) is 3. The highest BCUT2D eigenvalue weighted by atomic mass is 16.5. The van der Waals surface area contributed by atoms with Crippen LogP contribution in [0.25, 0.3) is 0 Å². The second kappa shape index (κ2) is 8.89. The minimum Gasteiger partial charge on any atom is -0.497 e. The van der Waals surface area contributed by atoms with Gasteiger partial charge < -0.3 is 19.4 Å². The summed E-state index contributed by atoms with van der Waals surface area (Å²) in [7, 11) is 1.68. The van der Waals surface area contributed by atoms with Gasteiger partial charge in [0.05, 0.1) is 31.4 Å². The number of hydrazine groups is 1. The molecule has 3 N–H and O–H groups in total. The van der Waals surface area contributed by atoms with Crippen molar-refractivity contribution in [3.63, 3.8) is 0 Å². The molecule has 0 radical (unpaired) electrons. The molecule has 37 heavy (non-hydrogen) atoms. The van der Waals surface area contributed by atoms with Gasteiger partial charge >= 0.3 is 0 Å². The van der Waals surface area contributed by atoms with Crippen LogP contribution in [0.5, 0.6) is 11.5 Å². The standard InChI is InChI=1S/C29H33N5O3/c1-36-21-7-9-25-23(15-21)29(28(35)31-25)16-24(29)19-4-8-22-26(14-19)32-33-27(22)18-2-5-20(6-3-18)37-13-12-34-11-10-30-17-34/h2-3,5-7,9-11,15,17,19,22,24,26-27,32-33H,4,8,12-14,16H2,1H3,(H,31,35)/t19?,22?,24-,26?,27?,29-/m0/s1. The van der Waals surface area contributed by atoms with Gasteiger partial charge in [0, 0.05) is 24.1 Å². The quantitative estimate of drug-likeness (QED) is 0.458. The molecule has 2 saturated carbocycles. The first-order chi connectivity index (χ1) is 18.2. The Balaban J connectivity index is 0.985. The molecule has 1 amide bonds. The lowest BCUT2D eigenvalue weighted by Crippen LogP contribution is -2.37. The molecule has 1 spiro atoms. The molecular weight excluding hydrogens is 466 g/mol. The Labute approximate surface area is 216 Å². The minimum absolute atomic E-state index is 0.172. The summed E-state index contributed by atoms with van der Waals surface area (Å²) < 4.78 is 13.4. The zero-order valence-electron chi connectivity index (χ0n) is 21.0. The largest absolute Gasteiger partial charge is 0.497 e. The summed E-state index contributed by atoms with van der Waals surface area (Å²) in [6.07, 6.45) is 9.89. The van der Waals surface area contributed by atoms with E-state index in [0.29, 0.717) is 36.4 Å². The van der Waals surface area contributed by atoms with Crippen molar-refractivity contribution in [2.75, 3.05) is 19.0 Å². The Morgan fingerprint density at radius 2 is 1.97 bits per heavy atom. The van der Waals surface area contributed by atoms with E-state index in [1.807, 2.05) is 22.9 Å². The Morgan fingerprint density at radius 1 is 1.11 bits per heavy atom. The molecule has 2 aliphatic carbocycles. The summed E-state index contributed by atoms with van der Waals surface area (Å²) in [6.45, 7) is 1.40. The van der Waals surface area contributed by atoms with E-state index < -0.39 is 0 Å². The third-order valence-corrected chi connectivity index (χ3v) is 9.16. The Hall–Kier alpha value is -3.36. The number of carbonyl (C=O) groups excluding carboxylic acids is 1. The summed E-state index contributed by atoms with van der Waals surface area (Å²) in [5, 5.41) is 3.13. The average molecular weight is 500 g/mol. The fraction of sp³-hybridized carbons (Fsp3) is 0.448. The van der Waals surface area contributed by atoms with Gasteiger partial charge in [-0.15, -0.1) is 0 Å². The number of carbonyl (C=O) groups is 1. The molecule has 0 bridgehead atoms. The van der Waals surface area contributed by atoms with Crippen molar-refractivity contribution in [2.45, 2.75) is 49.7 Å². The topological polar surface area (TPSA) is 89.4 Å². The molecule has 8 nitrogen and oxygen atoms in total. The van der Waals surface area contributed by atoms with Gasteiger partial charge in [0.1, 0.15) is 18.1 Å². The smallest absolute Gasteiger partial charge is 0.235 e. The number of fused-ring (bicyclic) bond motifs is 3. The highest BCUT2D eigenvalue weighted by Gasteiger charge is 2.67. The number of nitrogens with zero attached hydrogens (tertiary/aromatic N) is 2. The number of rotatable bonds is 7. The van der Waals surface area contributed by atoms with Crippen molar-refractivity contribution in [3.05, 3.63) is 72.3 Å². The third-order valence-electron chi connectivity index (χ3n) is 9.16. The second-order valence-corrected chi connectivity index (χ2v) is 11.0. The van der Waals surface area contributed by atoms with E-state index >= 15 is 0 Å². The number of aromatic nitrogens is 2. The summed E-state index contributed by atoms with van der Waals surface area (Å²) in [5.74, 6) is 3.38. The Kier molecular flexibility index (Phi) is 5.48. The van der Waals surface area contributed by atoms with E-state index in [1.165, 1.54) is 5.56 Å². The van der Waals surface area contributed by atoms with Gasteiger partial charge in [0.15, 0.2) is 0 Å². The molecule has 192 valence electrons. The maximum atomic E-state index is 13.1. The molecular formula is C29H33N5O3. The molecule has 8 heteroatoms. The summed E-state index contributed by atoms with van der Waals surface area (Å²) in [4.78, 5) is 17.2. The highest BCUT2D eigenvalue weighted by molar-refractivity contribution is 6.09. The number of benzene rings is 2. The Bertz CT molecular complexity index is 1290. The van der Waals surface area contributed by atoms with Crippen LogP contribution >= 0.6 is 0 Å². The van der Waals surface area contributed by atoms with E-state index in [1.54, 1.807) is 19.6 Å². The monoisotopic (exact) mass is 499 g/mol. The van der Waals surface area contributed by atoms with Gasteiger partial charge in [-0.05, 0) is 84.9 Å². The van der Waals surface area contributed by atoms with Crippen molar-refractivity contribution < 1.29 is 14.3 Å². The van der Waals surface area contributed by atoms with Crippen LogP contribution in [0.4, 0.5) is 5.69 Å². The van der Waals surface area contributed by atoms with Gasteiger partial charge in [-0.2, -0.15) is 0 Å².